The summed E-state index contributed by atoms with van der Waals surface area (Å²) in [6.07, 6.45) is 2.04. The Hall–Kier alpha value is -0.990. The van der Waals surface area contributed by atoms with E-state index in [1.165, 1.54) is 0 Å². The molecule has 1 aromatic rings. The van der Waals surface area contributed by atoms with E-state index >= 15 is 0 Å². The molecule has 104 valence electrons. The van der Waals surface area contributed by atoms with Gasteiger partial charge in [0.2, 0.25) is 0 Å². The van der Waals surface area contributed by atoms with Crippen LogP contribution in [0.15, 0.2) is 0 Å². The van der Waals surface area contributed by atoms with Crippen molar-refractivity contribution >= 4 is 0 Å². The molecule has 0 aliphatic heterocycles. The molecular weight excluding hydrogens is 224 g/mol. The summed E-state index contributed by atoms with van der Waals surface area (Å²) in [4.78, 5) is 0. The smallest absolute Gasteiger partial charge is 0.160 e. The molecule has 0 radical (unpaired) electrons. The van der Waals surface area contributed by atoms with Crippen LogP contribution in [0.1, 0.15) is 84.7 Å². The summed E-state index contributed by atoms with van der Waals surface area (Å²) in [5, 5.41) is 15.2. The zero-order valence-corrected chi connectivity index (χ0v) is 12.9. The molecule has 18 heavy (non-hydrogen) atoms. The first-order chi connectivity index (χ1) is 8.23. The minimum atomic E-state index is -0.120. The quantitative estimate of drug-likeness (QED) is 0.864. The fourth-order valence-electron chi connectivity index (χ4n) is 2.11. The summed E-state index contributed by atoms with van der Waals surface area (Å²) < 4.78 is 2.03. The van der Waals surface area contributed by atoms with Crippen molar-refractivity contribution in [3.63, 3.8) is 0 Å². The molecule has 0 saturated heterocycles. The van der Waals surface area contributed by atoms with Gasteiger partial charge in [0.1, 0.15) is 5.69 Å². The highest BCUT2D eigenvalue weighted by Crippen LogP contribution is 2.38. The normalized spacial score (nSPS) is 15.7. The molecule has 1 rings (SSSR count). The van der Waals surface area contributed by atoms with Crippen LogP contribution in [0.2, 0.25) is 0 Å². The van der Waals surface area contributed by atoms with Gasteiger partial charge in [-0.05, 0) is 19.8 Å². The molecule has 2 unspecified atom stereocenters. The Balaban J connectivity index is 3.41. The van der Waals surface area contributed by atoms with Crippen LogP contribution in [-0.4, -0.2) is 14.9 Å². The minimum Gasteiger partial charge on any atom is -0.504 e. The van der Waals surface area contributed by atoms with Crippen molar-refractivity contribution in [3.8, 4) is 5.75 Å². The van der Waals surface area contributed by atoms with Crippen LogP contribution in [0.4, 0.5) is 0 Å². The first kappa shape index (κ1) is 15.1. The number of rotatable bonds is 4. The second-order valence-electron chi connectivity index (χ2n) is 6.34. The van der Waals surface area contributed by atoms with Crippen molar-refractivity contribution in [2.75, 3.05) is 0 Å². The Morgan fingerprint density at radius 3 is 2.11 bits per heavy atom. The van der Waals surface area contributed by atoms with Crippen LogP contribution in [0.3, 0.4) is 0 Å². The van der Waals surface area contributed by atoms with Crippen LogP contribution < -0.4 is 0 Å². The number of hydrogen-bond acceptors (Lipinski definition) is 2. The Morgan fingerprint density at radius 2 is 1.72 bits per heavy atom. The lowest BCUT2D eigenvalue weighted by atomic mass is 9.90. The van der Waals surface area contributed by atoms with Crippen molar-refractivity contribution < 1.29 is 5.11 Å². The molecule has 0 bridgehead atoms. The van der Waals surface area contributed by atoms with Gasteiger partial charge in [-0.1, -0.05) is 41.5 Å². The van der Waals surface area contributed by atoms with Gasteiger partial charge >= 0.3 is 0 Å². The SMILES string of the molecule is CCC(C)c1c(O)c(C(C)(C)C)nn1C(C)CC. The van der Waals surface area contributed by atoms with E-state index in [2.05, 4.69) is 53.6 Å². The lowest BCUT2D eigenvalue weighted by Gasteiger charge is -2.17. The van der Waals surface area contributed by atoms with Gasteiger partial charge in [-0.15, -0.1) is 0 Å². The molecule has 0 fully saturated rings. The van der Waals surface area contributed by atoms with E-state index in [1.54, 1.807) is 0 Å². The maximum Gasteiger partial charge on any atom is 0.160 e. The lowest BCUT2D eigenvalue weighted by molar-refractivity contribution is 0.421. The van der Waals surface area contributed by atoms with Crippen molar-refractivity contribution in [2.45, 2.75) is 78.7 Å². The molecule has 0 aromatic carbocycles. The van der Waals surface area contributed by atoms with Gasteiger partial charge in [0.25, 0.3) is 0 Å². The summed E-state index contributed by atoms with van der Waals surface area (Å²) in [6, 6.07) is 0.330. The molecule has 2 atom stereocenters. The molecule has 0 spiro atoms. The molecule has 0 aliphatic rings. The second kappa shape index (κ2) is 5.33. The molecule has 1 N–H and O–H groups in total. The number of nitrogens with zero attached hydrogens (tertiary/aromatic N) is 2. The number of aromatic nitrogens is 2. The van der Waals surface area contributed by atoms with E-state index in [-0.39, 0.29) is 5.41 Å². The first-order valence-electron chi connectivity index (χ1n) is 7.05. The summed E-state index contributed by atoms with van der Waals surface area (Å²) in [7, 11) is 0. The monoisotopic (exact) mass is 252 g/mol. The minimum absolute atomic E-state index is 0.120. The summed E-state index contributed by atoms with van der Waals surface area (Å²) in [6.45, 7) is 14.9. The Morgan fingerprint density at radius 1 is 1.17 bits per heavy atom. The van der Waals surface area contributed by atoms with Crippen molar-refractivity contribution in [1.82, 2.24) is 9.78 Å². The molecular formula is C15H28N2O. The lowest BCUT2D eigenvalue weighted by Crippen LogP contribution is -2.15. The summed E-state index contributed by atoms with van der Waals surface area (Å²) in [5.74, 6) is 0.736. The highest BCUT2D eigenvalue weighted by atomic mass is 16.3. The molecule has 0 amide bonds. The van der Waals surface area contributed by atoms with Gasteiger partial charge in [-0.2, -0.15) is 5.10 Å². The summed E-state index contributed by atoms with van der Waals surface area (Å²) >= 11 is 0. The summed E-state index contributed by atoms with van der Waals surface area (Å²) in [5.41, 5.74) is 1.69. The van der Waals surface area contributed by atoms with E-state index in [0.717, 1.165) is 24.2 Å². The standard InChI is InChI=1S/C15H28N2O/c1-8-10(3)12-13(18)14(15(5,6)7)16-17(12)11(4)9-2/h10-11,18H,8-9H2,1-7H3. The van der Waals surface area contributed by atoms with Crippen LogP contribution >= 0.6 is 0 Å². The third kappa shape index (κ3) is 2.70. The van der Waals surface area contributed by atoms with Crippen LogP contribution in [0.5, 0.6) is 5.75 Å². The Bertz CT molecular complexity index is 401. The average Bonchev–Trinajstić information content (AvgIpc) is 2.64. The van der Waals surface area contributed by atoms with Gasteiger partial charge in [-0.3, -0.25) is 4.68 Å². The van der Waals surface area contributed by atoms with E-state index in [0.29, 0.717) is 17.7 Å². The fraction of sp³-hybridized carbons (Fsp3) is 0.800. The molecule has 0 saturated carbocycles. The number of aromatic hydroxyl groups is 1. The molecule has 3 nitrogen and oxygen atoms in total. The van der Waals surface area contributed by atoms with Gasteiger partial charge < -0.3 is 5.11 Å². The van der Waals surface area contributed by atoms with Crippen LogP contribution in [0, 0.1) is 0 Å². The van der Waals surface area contributed by atoms with E-state index in [9.17, 15) is 5.11 Å². The van der Waals surface area contributed by atoms with E-state index < -0.39 is 0 Å². The third-order valence-corrected chi connectivity index (χ3v) is 3.72. The fourth-order valence-corrected chi connectivity index (χ4v) is 2.11. The van der Waals surface area contributed by atoms with Crippen molar-refractivity contribution in [2.24, 2.45) is 0 Å². The van der Waals surface area contributed by atoms with Gasteiger partial charge in [0.05, 0.1) is 5.69 Å². The topological polar surface area (TPSA) is 38.1 Å². The Kier molecular flexibility index (Phi) is 4.46. The maximum atomic E-state index is 10.5. The van der Waals surface area contributed by atoms with E-state index in [4.69, 9.17) is 0 Å². The largest absolute Gasteiger partial charge is 0.504 e. The van der Waals surface area contributed by atoms with Crippen molar-refractivity contribution in [1.29, 1.82) is 0 Å². The zero-order valence-electron chi connectivity index (χ0n) is 12.9. The van der Waals surface area contributed by atoms with Gasteiger partial charge in [0.15, 0.2) is 5.75 Å². The predicted molar refractivity (Wildman–Crippen MR) is 76.3 cm³/mol. The number of hydrogen-bond donors (Lipinski definition) is 1. The van der Waals surface area contributed by atoms with Crippen LogP contribution in [0.25, 0.3) is 0 Å². The maximum absolute atomic E-state index is 10.5. The molecule has 1 heterocycles. The molecule has 0 aliphatic carbocycles. The highest BCUT2D eigenvalue weighted by molar-refractivity contribution is 5.38. The third-order valence-electron chi connectivity index (χ3n) is 3.72. The Labute approximate surface area is 111 Å². The highest BCUT2D eigenvalue weighted by Gasteiger charge is 2.29. The molecule has 1 aromatic heterocycles. The average molecular weight is 252 g/mol. The van der Waals surface area contributed by atoms with Gasteiger partial charge in [-0.25, -0.2) is 0 Å². The first-order valence-corrected chi connectivity index (χ1v) is 7.05. The zero-order chi connectivity index (χ0) is 14.1. The van der Waals surface area contributed by atoms with Crippen molar-refractivity contribution in [3.05, 3.63) is 11.4 Å². The molecule has 3 heteroatoms. The predicted octanol–water partition coefficient (Wildman–Crippen LogP) is 4.37. The van der Waals surface area contributed by atoms with Crippen LogP contribution in [-0.2, 0) is 5.41 Å². The van der Waals surface area contributed by atoms with Gasteiger partial charge in [0, 0.05) is 17.4 Å². The van der Waals surface area contributed by atoms with E-state index in [1.807, 2.05) is 4.68 Å². The second-order valence-corrected chi connectivity index (χ2v) is 6.34.